The van der Waals surface area contributed by atoms with Crippen molar-refractivity contribution in [3.8, 4) is 0 Å². The van der Waals surface area contributed by atoms with Gasteiger partial charge in [0, 0.05) is 23.5 Å². The van der Waals surface area contributed by atoms with Crippen LogP contribution in [-0.2, 0) is 11.3 Å². The third-order valence-electron chi connectivity index (χ3n) is 1.32. The minimum atomic E-state index is 0.652. The molecule has 1 aromatic heterocycles. The number of halogens is 1. The van der Waals surface area contributed by atoms with E-state index in [9.17, 15) is 0 Å². The number of pyridine rings is 1. The molecule has 0 unspecified atom stereocenters. The van der Waals surface area contributed by atoms with Crippen molar-refractivity contribution < 1.29 is 4.74 Å². The molecule has 1 heterocycles. The van der Waals surface area contributed by atoms with Crippen LogP contribution in [0.1, 0.15) is 12.5 Å². The summed E-state index contributed by atoms with van der Waals surface area (Å²) in [6, 6.07) is 1.94. The maximum atomic E-state index is 5.24. The zero-order chi connectivity index (χ0) is 8.10. The van der Waals surface area contributed by atoms with Crippen molar-refractivity contribution in [1.29, 1.82) is 0 Å². The fraction of sp³-hybridized carbons (Fsp3) is 0.375. The largest absolute Gasteiger partial charge is 0.377 e. The monoisotopic (exact) mass is 215 g/mol. The predicted molar refractivity (Wildman–Crippen MR) is 47.3 cm³/mol. The van der Waals surface area contributed by atoms with Gasteiger partial charge in [-0.15, -0.1) is 0 Å². The van der Waals surface area contributed by atoms with Gasteiger partial charge in [0.25, 0.3) is 0 Å². The maximum Gasteiger partial charge on any atom is 0.0728 e. The van der Waals surface area contributed by atoms with Gasteiger partial charge in [0.2, 0.25) is 0 Å². The number of hydrogen-bond donors (Lipinski definition) is 0. The highest BCUT2D eigenvalue weighted by Crippen LogP contribution is 2.14. The quantitative estimate of drug-likeness (QED) is 0.773. The summed E-state index contributed by atoms with van der Waals surface area (Å²) < 4.78 is 6.25. The number of nitrogens with zero attached hydrogens (tertiary/aromatic N) is 1. The molecule has 0 amide bonds. The molecule has 0 aromatic carbocycles. The van der Waals surface area contributed by atoms with Gasteiger partial charge in [-0.25, -0.2) is 0 Å². The fourth-order valence-electron chi connectivity index (χ4n) is 0.733. The molecule has 0 aliphatic rings. The van der Waals surface area contributed by atoms with Crippen LogP contribution in [0.2, 0.25) is 0 Å². The molecule has 0 radical (unpaired) electrons. The van der Waals surface area contributed by atoms with Crippen molar-refractivity contribution in [2.24, 2.45) is 0 Å². The zero-order valence-electron chi connectivity index (χ0n) is 6.38. The van der Waals surface area contributed by atoms with Crippen molar-refractivity contribution in [2.45, 2.75) is 13.5 Å². The Hall–Kier alpha value is -0.410. The summed E-state index contributed by atoms with van der Waals surface area (Å²) in [6.45, 7) is 3.38. The van der Waals surface area contributed by atoms with Crippen LogP contribution in [0, 0.1) is 0 Å². The molecule has 1 aromatic rings. The molecule has 0 aliphatic heterocycles. The molecule has 0 fully saturated rings. The van der Waals surface area contributed by atoms with Crippen molar-refractivity contribution >= 4 is 15.9 Å². The van der Waals surface area contributed by atoms with Gasteiger partial charge in [-0.2, -0.15) is 0 Å². The third kappa shape index (κ3) is 2.60. The number of aromatic nitrogens is 1. The Balaban J connectivity index is 2.62. The third-order valence-corrected chi connectivity index (χ3v) is 2.03. The Morgan fingerprint density at radius 2 is 2.45 bits per heavy atom. The highest BCUT2D eigenvalue weighted by atomic mass is 79.9. The van der Waals surface area contributed by atoms with Crippen LogP contribution in [0.4, 0.5) is 0 Å². The molecule has 0 saturated carbocycles. The van der Waals surface area contributed by atoms with Crippen molar-refractivity contribution in [3.05, 3.63) is 28.5 Å². The topological polar surface area (TPSA) is 22.1 Å². The smallest absolute Gasteiger partial charge is 0.0728 e. The Morgan fingerprint density at radius 3 is 3.09 bits per heavy atom. The van der Waals surface area contributed by atoms with E-state index in [0.717, 1.165) is 16.6 Å². The molecule has 1 rings (SSSR count). The lowest BCUT2D eigenvalue weighted by Crippen LogP contribution is -1.92. The second-order valence-electron chi connectivity index (χ2n) is 2.10. The molecular weight excluding hydrogens is 206 g/mol. The van der Waals surface area contributed by atoms with E-state index in [1.54, 1.807) is 12.4 Å². The predicted octanol–water partition coefficient (Wildman–Crippen LogP) is 2.38. The normalized spacial score (nSPS) is 10.0. The van der Waals surface area contributed by atoms with Crippen molar-refractivity contribution in [3.63, 3.8) is 0 Å². The number of hydrogen-bond acceptors (Lipinski definition) is 2. The molecule has 2 nitrogen and oxygen atoms in total. The first-order valence-corrected chi connectivity index (χ1v) is 4.30. The lowest BCUT2D eigenvalue weighted by atomic mass is 10.3. The minimum absolute atomic E-state index is 0.652. The van der Waals surface area contributed by atoms with Gasteiger partial charge in [0.1, 0.15) is 0 Å². The second kappa shape index (κ2) is 4.46. The van der Waals surface area contributed by atoms with Gasteiger partial charge in [-0.1, -0.05) is 0 Å². The molecule has 60 valence electrons. The Kier molecular flexibility index (Phi) is 3.52. The van der Waals surface area contributed by atoms with Crippen LogP contribution < -0.4 is 0 Å². The second-order valence-corrected chi connectivity index (χ2v) is 2.96. The van der Waals surface area contributed by atoms with E-state index in [0.29, 0.717) is 6.61 Å². The van der Waals surface area contributed by atoms with E-state index in [4.69, 9.17) is 4.74 Å². The average Bonchev–Trinajstić information content (AvgIpc) is 2.03. The Labute approximate surface area is 74.7 Å². The first kappa shape index (κ1) is 8.68. The fourth-order valence-corrected chi connectivity index (χ4v) is 1.10. The molecule has 0 spiro atoms. The molecule has 0 aliphatic carbocycles. The van der Waals surface area contributed by atoms with E-state index < -0.39 is 0 Å². The van der Waals surface area contributed by atoms with Gasteiger partial charge in [-0.3, -0.25) is 4.98 Å². The first-order valence-electron chi connectivity index (χ1n) is 3.50. The van der Waals surface area contributed by atoms with E-state index in [-0.39, 0.29) is 0 Å². The maximum absolute atomic E-state index is 5.24. The van der Waals surface area contributed by atoms with E-state index in [1.807, 2.05) is 13.0 Å². The molecule has 0 atom stereocenters. The van der Waals surface area contributed by atoms with Crippen molar-refractivity contribution in [1.82, 2.24) is 4.98 Å². The summed E-state index contributed by atoms with van der Waals surface area (Å²) in [5.74, 6) is 0. The first-order chi connectivity index (χ1) is 5.34. The van der Waals surface area contributed by atoms with Crippen LogP contribution in [0.3, 0.4) is 0 Å². The van der Waals surface area contributed by atoms with Crippen LogP contribution in [0.15, 0.2) is 22.9 Å². The average molecular weight is 216 g/mol. The van der Waals surface area contributed by atoms with Gasteiger partial charge in [0.05, 0.1) is 6.61 Å². The van der Waals surface area contributed by atoms with Gasteiger partial charge in [0.15, 0.2) is 0 Å². The van der Waals surface area contributed by atoms with Crippen molar-refractivity contribution in [2.75, 3.05) is 6.61 Å². The minimum Gasteiger partial charge on any atom is -0.377 e. The molecule has 11 heavy (non-hydrogen) atoms. The zero-order valence-corrected chi connectivity index (χ0v) is 7.97. The SMILES string of the molecule is CCOCc1ccncc1Br. The van der Waals surface area contributed by atoms with E-state index in [1.165, 1.54) is 0 Å². The molecule has 3 heteroatoms. The van der Waals surface area contributed by atoms with Crippen LogP contribution in [0.25, 0.3) is 0 Å². The summed E-state index contributed by atoms with van der Waals surface area (Å²) in [5.41, 5.74) is 1.14. The summed E-state index contributed by atoms with van der Waals surface area (Å²) in [7, 11) is 0. The van der Waals surface area contributed by atoms with Crippen LogP contribution >= 0.6 is 15.9 Å². The number of ether oxygens (including phenoxy) is 1. The van der Waals surface area contributed by atoms with Gasteiger partial charge >= 0.3 is 0 Å². The van der Waals surface area contributed by atoms with Gasteiger partial charge in [-0.05, 0) is 34.5 Å². The van der Waals surface area contributed by atoms with Crippen LogP contribution in [-0.4, -0.2) is 11.6 Å². The van der Waals surface area contributed by atoms with Crippen LogP contribution in [0.5, 0.6) is 0 Å². The summed E-state index contributed by atoms with van der Waals surface area (Å²) >= 11 is 3.38. The molecule has 0 saturated heterocycles. The molecule has 0 N–H and O–H groups in total. The Bertz CT molecular complexity index is 227. The molecule has 0 bridgehead atoms. The molecular formula is C8H10BrNO. The lowest BCUT2D eigenvalue weighted by molar-refractivity contribution is 0.133. The van der Waals surface area contributed by atoms with E-state index in [2.05, 4.69) is 20.9 Å². The summed E-state index contributed by atoms with van der Waals surface area (Å²) in [6.07, 6.45) is 3.54. The number of rotatable bonds is 3. The summed E-state index contributed by atoms with van der Waals surface area (Å²) in [5, 5.41) is 0. The highest BCUT2D eigenvalue weighted by molar-refractivity contribution is 9.10. The van der Waals surface area contributed by atoms with Gasteiger partial charge < -0.3 is 4.74 Å². The summed E-state index contributed by atoms with van der Waals surface area (Å²) in [4.78, 5) is 3.95. The Morgan fingerprint density at radius 1 is 1.64 bits per heavy atom. The van der Waals surface area contributed by atoms with E-state index >= 15 is 0 Å². The lowest BCUT2D eigenvalue weighted by Gasteiger charge is -2.02. The standard InChI is InChI=1S/C8H10BrNO/c1-2-11-6-7-3-4-10-5-8(7)9/h3-5H,2,6H2,1H3. The highest BCUT2D eigenvalue weighted by Gasteiger charge is 1.96.